The summed E-state index contributed by atoms with van der Waals surface area (Å²) < 4.78 is 9.02. The van der Waals surface area contributed by atoms with Crippen molar-refractivity contribution < 1.29 is 4.74 Å². The number of hydrogen-bond donors (Lipinski definition) is 0. The maximum absolute atomic E-state index is 8.78. The summed E-state index contributed by atoms with van der Waals surface area (Å²) in [6.07, 6.45) is 5.06. The molecule has 0 N–H and O–H groups in total. The van der Waals surface area contributed by atoms with E-state index in [1.54, 1.807) is 6.20 Å². The number of rotatable bonds is 9. The van der Waals surface area contributed by atoms with Gasteiger partial charge < -0.3 is 4.74 Å². The van der Waals surface area contributed by atoms with Crippen LogP contribution in [0.1, 0.15) is 36.8 Å². The minimum absolute atomic E-state index is 0.414. The molecule has 1 saturated carbocycles. The molecule has 2 aromatic heterocycles. The summed E-state index contributed by atoms with van der Waals surface area (Å²) in [7, 11) is -1.10. The molecule has 0 atom stereocenters. The lowest BCUT2D eigenvalue weighted by molar-refractivity contribution is 0.0837. The quantitative estimate of drug-likeness (QED) is 0.409. The Morgan fingerprint density at radius 1 is 1.33 bits per heavy atom. The summed E-state index contributed by atoms with van der Waals surface area (Å²) in [6, 6.07) is 5.16. The molecule has 0 aromatic carbocycles. The Labute approximate surface area is 170 Å². The Hall–Kier alpha value is -1.56. The zero-order valence-electron chi connectivity index (χ0n) is 16.2. The fourth-order valence-corrected chi connectivity index (χ4v) is 4.07. The summed E-state index contributed by atoms with van der Waals surface area (Å²) in [5.74, 6) is 2.26. The summed E-state index contributed by atoms with van der Waals surface area (Å²) in [4.78, 5) is 13.7. The van der Waals surface area contributed by atoms with Crippen molar-refractivity contribution in [3.63, 3.8) is 0 Å². The van der Waals surface area contributed by atoms with E-state index in [9.17, 15) is 0 Å². The first-order valence-electron chi connectivity index (χ1n) is 9.42. The molecule has 0 aliphatic heterocycles. The van der Waals surface area contributed by atoms with Crippen molar-refractivity contribution in [1.82, 2.24) is 19.5 Å². The fourth-order valence-electron chi connectivity index (χ4n) is 2.74. The first-order valence-corrected chi connectivity index (χ1v) is 13.9. The molecule has 0 unspecified atom stereocenters. The number of halogens is 1. The van der Waals surface area contributed by atoms with E-state index in [0.29, 0.717) is 31.3 Å². The standard InChI is InChI=1S/C19H26BrN5OSi/c1-27(2,3)12-11-26-13-25-18(20)17(24-19(25)14-6-7-14)15-8-10-22-16(23-15)5-4-9-21/h8,10,14H,4-7,11-13H2,1-3H3. The number of aryl methyl sites for hydroxylation is 1. The van der Waals surface area contributed by atoms with Crippen LogP contribution in [0.15, 0.2) is 16.9 Å². The van der Waals surface area contributed by atoms with Gasteiger partial charge in [0.25, 0.3) is 0 Å². The summed E-state index contributed by atoms with van der Waals surface area (Å²) in [6.45, 7) is 8.37. The minimum Gasteiger partial charge on any atom is -0.361 e. The van der Waals surface area contributed by atoms with Gasteiger partial charge in [-0.05, 0) is 40.9 Å². The van der Waals surface area contributed by atoms with Crippen molar-refractivity contribution in [1.29, 1.82) is 5.26 Å². The second kappa shape index (κ2) is 8.63. The van der Waals surface area contributed by atoms with Gasteiger partial charge in [0.1, 0.15) is 28.7 Å². The van der Waals surface area contributed by atoms with Crippen LogP contribution in [0.25, 0.3) is 11.4 Å². The predicted molar refractivity (Wildman–Crippen MR) is 111 cm³/mol. The minimum atomic E-state index is -1.10. The molecule has 0 spiro atoms. The summed E-state index contributed by atoms with van der Waals surface area (Å²) >= 11 is 3.72. The van der Waals surface area contributed by atoms with Gasteiger partial charge >= 0.3 is 0 Å². The molecule has 3 rings (SSSR count). The van der Waals surface area contributed by atoms with E-state index in [2.05, 4.69) is 56.2 Å². The maximum atomic E-state index is 8.78. The molecule has 27 heavy (non-hydrogen) atoms. The fraction of sp³-hybridized carbons (Fsp3) is 0.579. The number of ether oxygens (including phenoxy) is 1. The van der Waals surface area contributed by atoms with E-state index in [-0.39, 0.29) is 0 Å². The third-order valence-corrected chi connectivity index (χ3v) is 7.01. The van der Waals surface area contributed by atoms with Gasteiger partial charge in [0.05, 0.1) is 11.8 Å². The summed E-state index contributed by atoms with van der Waals surface area (Å²) in [5, 5.41) is 8.78. The number of imidazole rings is 1. The van der Waals surface area contributed by atoms with Crippen molar-refractivity contribution in [2.45, 2.75) is 64.0 Å². The molecule has 0 bridgehead atoms. The highest BCUT2D eigenvalue weighted by Gasteiger charge is 2.31. The van der Waals surface area contributed by atoms with Gasteiger partial charge in [0.15, 0.2) is 0 Å². The number of hydrogen-bond acceptors (Lipinski definition) is 5. The van der Waals surface area contributed by atoms with E-state index in [1.165, 1.54) is 12.8 Å². The van der Waals surface area contributed by atoms with Gasteiger partial charge in [0.2, 0.25) is 0 Å². The second-order valence-corrected chi connectivity index (χ2v) is 14.5. The zero-order chi connectivity index (χ0) is 19.4. The predicted octanol–water partition coefficient (Wildman–Crippen LogP) is 4.75. The molecular weight excluding hydrogens is 422 g/mol. The lowest BCUT2D eigenvalue weighted by Crippen LogP contribution is -2.22. The molecule has 1 fully saturated rings. The van der Waals surface area contributed by atoms with Gasteiger partial charge in [-0.25, -0.2) is 15.0 Å². The van der Waals surface area contributed by atoms with Crippen LogP contribution in [0.4, 0.5) is 0 Å². The largest absolute Gasteiger partial charge is 0.361 e. The van der Waals surface area contributed by atoms with Gasteiger partial charge in [-0.2, -0.15) is 5.26 Å². The van der Waals surface area contributed by atoms with Gasteiger partial charge in [-0.3, -0.25) is 4.57 Å². The Morgan fingerprint density at radius 2 is 2.11 bits per heavy atom. The van der Waals surface area contributed by atoms with E-state index in [0.717, 1.165) is 34.5 Å². The van der Waals surface area contributed by atoms with E-state index in [1.807, 2.05) is 6.07 Å². The Balaban J connectivity index is 1.80. The topological polar surface area (TPSA) is 76.6 Å². The van der Waals surface area contributed by atoms with Crippen molar-refractivity contribution in [3.8, 4) is 17.5 Å². The molecule has 0 radical (unpaired) electrons. The van der Waals surface area contributed by atoms with Gasteiger partial charge in [-0.1, -0.05) is 19.6 Å². The number of nitriles is 1. The van der Waals surface area contributed by atoms with Crippen LogP contribution >= 0.6 is 15.9 Å². The Bertz CT molecular complexity index is 836. The monoisotopic (exact) mass is 447 g/mol. The normalized spacial score (nSPS) is 14.3. The zero-order valence-corrected chi connectivity index (χ0v) is 18.8. The highest BCUT2D eigenvalue weighted by Crippen LogP contribution is 2.42. The van der Waals surface area contributed by atoms with Crippen LogP contribution in [0, 0.1) is 11.3 Å². The lowest BCUT2D eigenvalue weighted by atomic mass is 10.3. The van der Waals surface area contributed by atoms with Gasteiger partial charge in [0, 0.05) is 39.6 Å². The average molecular weight is 448 g/mol. The van der Waals surface area contributed by atoms with E-state index >= 15 is 0 Å². The van der Waals surface area contributed by atoms with Crippen LogP contribution in [0.5, 0.6) is 0 Å². The SMILES string of the molecule is C[Si](C)(C)CCOCn1c(C2CC2)nc(-c2ccnc(CCC#N)n2)c1Br. The molecule has 2 aromatic rings. The van der Waals surface area contributed by atoms with E-state index in [4.69, 9.17) is 15.0 Å². The number of aromatic nitrogens is 4. The lowest BCUT2D eigenvalue weighted by Gasteiger charge is -2.16. The smallest absolute Gasteiger partial charge is 0.130 e. The summed E-state index contributed by atoms with van der Waals surface area (Å²) in [5.41, 5.74) is 1.61. The van der Waals surface area contributed by atoms with Crippen molar-refractivity contribution >= 4 is 24.0 Å². The highest BCUT2D eigenvalue weighted by molar-refractivity contribution is 9.10. The molecular formula is C19H26BrN5OSi. The van der Waals surface area contributed by atoms with Crippen LogP contribution in [0.3, 0.4) is 0 Å². The third-order valence-electron chi connectivity index (χ3n) is 4.50. The van der Waals surface area contributed by atoms with Crippen molar-refractivity contribution in [2.24, 2.45) is 0 Å². The average Bonchev–Trinajstić information content (AvgIpc) is 3.41. The Morgan fingerprint density at radius 3 is 2.78 bits per heavy atom. The Kier molecular flexibility index (Phi) is 6.45. The molecule has 8 heteroatoms. The van der Waals surface area contributed by atoms with Crippen LogP contribution < -0.4 is 0 Å². The highest BCUT2D eigenvalue weighted by atomic mass is 79.9. The molecule has 6 nitrogen and oxygen atoms in total. The molecule has 1 aliphatic rings. The second-order valence-electron chi connectivity index (χ2n) is 8.18. The van der Waals surface area contributed by atoms with Crippen molar-refractivity contribution in [3.05, 3.63) is 28.5 Å². The van der Waals surface area contributed by atoms with Crippen LogP contribution in [-0.2, 0) is 17.9 Å². The van der Waals surface area contributed by atoms with Gasteiger partial charge in [-0.15, -0.1) is 0 Å². The molecule has 2 heterocycles. The first-order chi connectivity index (χ1) is 12.9. The molecule has 144 valence electrons. The van der Waals surface area contributed by atoms with E-state index < -0.39 is 8.07 Å². The number of nitrogens with zero attached hydrogens (tertiary/aromatic N) is 5. The first kappa shape index (κ1) is 20.2. The molecule has 0 saturated heterocycles. The molecule has 0 amide bonds. The van der Waals surface area contributed by atoms with Crippen LogP contribution in [-0.4, -0.2) is 34.2 Å². The molecule has 1 aliphatic carbocycles. The third kappa shape index (κ3) is 5.47. The van der Waals surface area contributed by atoms with Crippen LogP contribution in [0.2, 0.25) is 25.7 Å². The van der Waals surface area contributed by atoms with Crippen molar-refractivity contribution in [2.75, 3.05) is 6.61 Å². The maximum Gasteiger partial charge on any atom is 0.130 e.